The summed E-state index contributed by atoms with van der Waals surface area (Å²) in [7, 11) is 0. The number of aliphatic hydroxyl groups is 1. The van der Waals surface area contributed by atoms with Crippen LogP contribution in [-0.2, 0) is 6.42 Å². The lowest BCUT2D eigenvalue weighted by molar-refractivity contribution is 0.0275. The first kappa shape index (κ1) is 10.4. The zero-order valence-electron chi connectivity index (χ0n) is 7.87. The maximum atomic E-state index is 10.3. The molecule has 3 N–H and O–H groups in total. The smallest absolute Gasteiger partial charge is 0.0931 e. The van der Waals surface area contributed by atoms with Gasteiger partial charge in [-0.15, -0.1) is 11.3 Å². The number of hydrogen-bond acceptors (Lipinski definition) is 3. The normalized spacial score (nSPS) is 20.8. The van der Waals surface area contributed by atoms with E-state index in [0.29, 0.717) is 18.9 Å². The highest BCUT2D eigenvalue weighted by atomic mass is 35.5. The van der Waals surface area contributed by atoms with Crippen molar-refractivity contribution in [3.8, 4) is 0 Å². The van der Waals surface area contributed by atoms with Gasteiger partial charge in [0.05, 0.1) is 9.94 Å². The van der Waals surface area contributed by atoms with Crippen LogP contribution in [0.3, 0.4) is 0 Å². The SMILES string of the molecule is NCC(O)(Cc1ccc(Cl)s1)C1CC1. The van der Waals surface area contributed by atoms with Crippen molar-refractivity contribution in [2.45, 2.75) is 24.9 Å². The molecule has 0 aliphatic heterocycles. The largest absolute Gasteiger partial charge is 0.388 e. The molecule has 0 spiro atoms. The maximum Gasteiger partial charge on any atom is 0.0931 e. The third-order valence-corrected chi connectivity index (χ3v) is 4.03. The highest BCUT2D eigenvalue weighted by Gasteiger charge is 2.42. The zero-order chi connectivity index (χ0) is 10.2. The van der Waals surface area contributed by atoms with Gasteiger partial charge >= 0.3 is 0 Å². The van der Waals surface area contributed by atoms with Crippen LogP contribution in [0.15, 0.2) is 12.1 Å². The number of rotatable bonds is 4. The van der Waals surface area contributed by atoms with Gasteiger partial charge in [0.1, 0.15) is 0 Å². The molecule has 1 fully saturated rings. The van der Waals surface area contributed by atoms with Crippen molar-refractivity contribution in [3.63, 3.8) is 0 Å². The lowest BCUT2D eigenvalue weighted by atomic mass is 9.93. The first-order valence-corrected chi connectivity index (χ1v) is 6.00. The van der Waals surface area contributed by atoms with Gasteiger partial charge in [-0.2, -0.15) is 0 Å². The molecule has 1 aromatic rings. The van der Waals surface area contributed by atoms with E-state index in [1.54, 1.807) is 0 Å². The van der Waals surface area contributed by atoms with Crippen LogP contribution in [0, 0.1) is 5.92 Å². The molecular formula is C10H14ClNOS. The van der Waals surface area contributed by atoms with E-state index in [1.165, 1.54) is 11.3 Å². The van der Waals surface area contributed by atoms with E-state index in [9.17, 15) is 5.11 Å². The summed E-state index contributed by atoms with van der Waals surface area (Å²) in [5.41, 5.74) is 4.92. The van der Waals surface area contributed by atoms with Crippen LogP contribution in [0.2, 0.25) is 4.34 Å². The van der Waals surface area contributed by atoms with Crippen LogP contribution in [0.25, 0.3) is 0 Å². The van der Waals surface area contributed by atoms with Crippen molar-refractivity contribution in [2.24, 2.45) is 11.7 Å². The molecule has 0 amide bonds. The van der Waals surface area contributed by atoms with E-state index >= 15 is 0 Å². The highest BCUT2D eigenvalue weighted by Crippen LogP contribution is 2.41. The number of thiophene rings is 1. The fourth-order valence-corrected chi connectivity index (χ4v) is 2.96. The molecule has 1 atom stereocenters. The Morgan fingerprint density at radius 1 is 1.57 bits per heavy atom. The fraction of sp³-hybridized carbons (Fsp3) is 0.600. The van der Waals surface area contributed by atoms with Gasteiger partial charge in [-0.3, -0.25) is 0 Å². The second-order valence-electron chi connectivity index (χ2n) is 3.96. The second-order valence-corrected chi connectivity index (χ2v) is 5.76. The molecule has 0 aromatic carbocycles. The Morgan fingerprint density at radius 2 is 2.29 bits per heavy atom. The van der Waals surface area contributed by atoms with Gasteiger partial charge in [0.2, 0.25) is 0 Å². The summed E-state index contributed by atoms with van der Waals surface area (Å²) in [6.07, 6.45) is 2.85. The Balaban J connectivity index is 2.07. The van der Waals surface area contributed by atoms with Crippen LogP contribution in [-0.4, -0.2) is 17.3 Å². The monoisotopic (exact) mass is 231 g/mol. The van der Waals surface area contributed by atoms with E-state index in [-0.39, 0.29) is 0 Å². The molecule has 14 heavy (non-hydrogen) atoms. The molecule has 0 saturated heterocycles. The molecule has 1 saturated carbocycles. The van der Waals surface area contributed by atoms with E-state index in [2.05, 4.69) is 0 Å². The van der Waals surface area contributed by atoms with Crippen LogP contribution < -0.4 is 5.73 Å². The lowest BCUT2D eigenvalue weighted by Crippen LogP contribution is -2.42. The summed E-state index contributed by atoms with van der Waals surface area (Å²) in [5, 5.41) is 10.3. The van der Waals surface area contributed by atoms with Crippen molar-refractivity contribution in [1.29, 1.82) is 0 Å². The van der Waals surface area contributed by atoms with Gasteiger partial charge in [0, 0.05) is 17.8 Å². The van der Waals surface area contributed by atoms with Crippen molar-refractivity contribution in [1.82, 2.24) is 0 Å². The molecule has 2 nitrogen and oxygen atoms in total. The van der Waals surface area contributed by atoms with Crippen molar-refractivity contribution < 1.29 is 5.11 Å². The molecule has 78 valence electrons. The molecule has 1 aliphatic rings. The van der Waals surface area contributed by atoms with E-state index < -0.39 is 5.60 Å². The van der Waals surface area contributed by atoms with Crippen LogP contribution in [0.5, 0.6) is 0 Å². The minimum absolute atomic E-state index is 0.340. The molecule has 1 aliphatic carbocycles. The van der Waals surface area contributed by atoms with Gasteiger partial charge in [0.15, 0.2) is 0 Å². The Labute approximate surface area is 92.7 Å². The lowest BCUT2D eigenvalue weighted by Gasteiger charge is -2.25. The molecule has 0 radical (unpaired) electrons. The minimum atomic E-state index is -0.700. The third-order valence-electron chi connectivity index (χ3n) is 2.80. The Hall–Kier alpha value is -0.0900. The van der Waals surface area contributed by atoms with Crippen LogP contribution in [0.1, 0.15) is 17.7 Å². The summed E-state index contributed by atoms with van der Waals surface area (Å²) < 4.78 is 0.773. The summed E-state index contributed by atoms with van der Waals surface area (Å²) in [6, 6.07) is 3.83. The van der Waals surface area contributed by atoms with E-state index in [1.807, 2.05) is 12.1 Å². The Morgan fingerprint density at radius 3 is 2.71 bits per heavy atom. The van der Waals surface area contributed by atoms with Gasteiger partial charge in [-0.1, -0.05) is 11.6 Å². The standard InChI is InChI=1S/C10H14ClNOS/c11-9-4-3-8(14-9)5-10(13,6-12)7-1-2-7/h3-4,7,13H,1-2,5-6,12H2. The molecule has 1 aromatic heterocycles. The Bertz CT molecular complexity index is 324. The highest BCUT2D eigenvalue weighted by molar-refractivity contribution is 7.16. The first-order valence-electron chi connectivity index (χ1n) is 4.81. The average molecular weight is 232 g/mol. The summed E-state index contributed by atoms with van der Waals surface area (Å²) in [5.74, 6) is 0.397. The van der Waals surface area contributed by atoms with Gasteiger partial charge in [0.25, 0.3) is 0 Å². The van der Waals surface area contributed by atoms with Crippen LogP contribution >= 0.6 is 22.9 Å². The van der Waals surface area contributed by atoms with Gasteiger partial charge in [-0.05, 0) is 30.9 Å². The molecule has 4 heteroatoms. The quantitative estimate of drug-likeness (QED) is 0.833. The minimum Gasteiger partial charge on any atom is -0.388 e. The maximum absolute atomic E-state index is 10.3. The first-order chi connectivity index (χ1) is 6.64. The van der Waals surface area contributed by atoms with Crippen molar-refractivity contribution in [2.75, 3.05) is 6.54 Å². The number of nitrogens with two attached hydrogens (primary N) is 1. The molecule has 1 unspecified atom stereocenters. The van der Waals surface area contributed by atoms with Gasteiger partial charge < -0.3 is 10.8 Å². The average Bonchev–Trinajstić information content (AvgIpc) is 2.93. The van der Waals surface area contributed by atoms with E-state index in [0.717, 1.165) is 22.1 Å². The summed E-state index contributed by atoms with van der Waals surface area (Å²) >= 11 is 7.36. The predicted octanol–water partition coefficient (Wildman–Crippen LogP) is 2.04. The molecule has 2 rings (SSSR count). The van der Waals surface area contributed by atoms with Gasteiger partial charge in [-0.25, -0.2) is 0 Å². The Kier molecular flexibility index (Phi) is 2.84. The molecule has 0 bridgehead atoms. The topological polar surface area (TPSA) is 46.2 Å². The second kappa shape index (κ2) is 3.81. The van der Waals surface area contributed by atoms with Crippen molar-refractivity contribution in [3.05, 3.63) is 21.3 Å². The van der Waals surface area contributed by atoms with Crippen LogP contribution in [0.4, 0.5) is 0 Å². The van der Waals surface area contributed by atoms with Crippen molar-refractivity contribution >= 4 is 22.9 Å². The number of hydrogen-bond donors (Lipinski definition) is 2. The third kappa shape index (κ3) is 2.11. The molecule has 1 heterocycles. The predicted molar refractivity (Wildman–Crippen MR) is 59.8 cm³/mol. The van der Waals surface area contributed by atoms with E-state index in [4.69, 9.17) is 17.3 Å². The number of halogens is 1. The summed E-state index contributed by atoms with van der Waals surface area (Å²) in [6.45, 7) is 0.340. The molecular weight excluding hydrogens is 218 g/mol. The zero-order valence-corrected chi connectivity index (χ0v) is 9.44. The summed E-state index contributed by atoms with van der Waals surface area (Å²) in [4.78, 5) is 1.12. The fourth-order valence-electron chi connectivity index (χ4n) is 1.75.